The summed E-state index contributed by atoms with van der Waals surface area (Å²) in [6.45, 7) is 8.50. The second-order valence-electron chi connectivity index (χ2n) is 5.76. The Bertz CT molecular complexity index is 160. The molecule has 0 amide bonds. The van der Waals surface area contributed by atoms with E-state index in [0.29, 0.717) is 0 Å². The zero-order valence-electron chi connectivity index (χ0n) is 12.6. The van der Waals surface area contributed by atoms with Gasteiger partial charge in [-0.05, 0) is 18.8 Å². The molecule has 2 nitrogen and oxygen atoms in total. The van der Waals surface area contributed by atoms with Crippen LogP contribution in [0.1, 0.15) is 59.3 Å². The summed E-state index contributed by atoms with van der Waals surface area (Å²) in [5, 5.41) is 0. The molecule has 0 aromatic carbocycles. The van der Waals surface area contributed by atoms with Crippen molar-refractivity contribution < 1.29 is 9.47 Å². The van der Waals surface area contributed by atoms with Gasteiger partial charge in [0.2, 0.25) is 0 Å². The molecule has 0 bridgehead atoms. The lowest BCUT2D eigenvalue weighted by Gasteiger charge is -2.33. The van der Waals surface area contributed by atoms with Crippen molar-refractivity contribution in [2.24, 2.45) is 11.3 Å². The molecule has 0 aliphatic carbocycles. The lowest BCUT2D eigenvalue weighted by atomic mass is 9.79. The van der Waals surface area contributed by atoms with Gasteiger partial charge < -0.3 is 9.47 Å². The summed E-state index contributed by atoms with van der Waals surface area (Å²) in [6, 6.07) is 0. The predicted octanol–water partition coefficient (Wildman–Crippen LogP) is 4.28. The fourth-order valence-corrected chi connectivity index (χ4v) is 2.50. The minimum Gasteiger partial charge on any atom is -0.384 e. The van der Waals surface area contributed by atoms with Crippen molar-refractivity contribution in [3.05, 3.63) is 0 Å². The highest BCUT2D eigenvalue weighted by Crippen LogP contribution is 2.32. The average Bonchev–Trinajstić information content (AvgIpc) is 2.26. The quantitative estimate of drug-likeness (QED) is 0.540. The topological polar surface area (TPSA) is 18.5 Å². The van der Waals surface area contributed by atoms with Crippen LogP contribution >= 0.6 is 0 Å². The number of rotatable bonds is 11. The highest BCUT2D eigenvalue weighted by Gasteiger charge is 2.29. The maximum atomic E-state index is 5.43. The van der Waals surface area contributed by atoms with Crippen molar-refractivity contribution in [3.63, 3.8) is 0 Å². The monoisotopic (exact) mass is 244 g/mol. The zero-order chi connectivity index (χ0) is 13.1. The average molecular weight is 244 g/mol. The summed E-state index contributed by atoms with van der Waals surface area (Å²) in [6.07, 6.45) is 7.57. The van der Waals surface area contributed by atoms with Crippen LogP contribution < -0.4 is 0 Å². The number of methoxy groups -OCH3 is 2. The van der Waals surface area contributed by atoms with E-state index in [-0.39, 0.29) is 5.41 Å². The van der Waals surface area contributed by atoms with Gasteiger partial charge in [0.15, 0.2) is 0 Å². The van der Waals surface area contributed by atoms with Crippen LogP contribution in [0.25, 0.3) is 0 Å². The van der Waals surface area contributed by atoms with Crippen molar-refractivity contribution in [2.75, 3.05) is 27.4 Å². The molecule has 0 unspecified atom stereocenters. The first-order chi connectivity index (χ1) is 8.10. The molecule has 2 heteroatoms. The van der Waals surface area contributed by atoms with Gasteiger partial charge in [-0.1, -0.05) is 46.5 Å². The molecule has 0 atom stereocenters. The molecule has 0 saturated carbocycles. The number of hydrogen-bond donors (Lipinski definition) is 0. The molecule has 0 radical (unpaired) electrons. The van der Waals surface area contributed by atoms with Crippen LogP contribution in [0.2, 0.25) is 0 Å². The van der Waals surface area contributed by atoms with Gasteiger partial charge in [0.25, 0.3) is 0 Å². The van der Waals surface area contributed by atoms with Gasteiger partial charge >= 0.3 is 0 Å². The Hall–Kier alpha value is -0.0800. The van der Waals surface area contributed by atoms with Crippen LogP contribution in [0, 0.1) is 11.3 Å². The molecule has 104 valence electrons. The van der Waals surface area contributed by atoms with Crippen LogP contribution in [0.5, 0.6) is 0 Å². The van der Waals surface area contributed by atoms with E-state index >= 15 is 0 Å². The van der Waals surface area contributed by atoms with E-state index in [2.05, 4.69) is 20.8 Å². The molecule has 0 fully saturated rings. The number of unbranched alkanes of at least 4 members (excludes halogenated alkanes) is 1. The van der Waals surface area contributed by atoms with Gasteiger partial charge in [-0.3, -0.25) is 0 Å². The van der Waals surface area contributed by atoms with E-state index in [1.165, 1.54) is 38.5 Å². The van der Waals surface area contributed by atoms with Gasteiger partial charge in [0, 0.05) is 19.6 Å². The Morgan fingerprint density at radius 3 is 1.88 bits per heavy atom. The normalized spacial score (nSPS) is 12.4. The lowest BCUT2D eigenvalue weighted by molar-refractivity contribution is -0.00461. The SMILES string of the molecule is CCCCC(CCCC(C)C)(COC)COC. The van der Waals surface area contributed by atoms with Crippen LogP contribution in [-0.2, 0) is 9.47 Å². The largest absolute Gasteiger partial charge is 0.384 e. The smallest absolute Gasteiger partial charge is 0.0540 e. The summed E-state index contributed by atoms with van der Waals surface area (Å²) < 4.78 is 10.9. The molecule has 0 aliphatic heterocycles. The molecule has 0 rings (SSSR count). The fraction of sp³-hybridized carbons (Fsp3) is 1.00. The van der Waals surface area contributed by atoms with E-state index in [1.807, 2.05) is 0 Å². The standard InChI is InChI=1S/C15H32O2/c1-6-7-10-15(12-16-4,13-17-5)11-8-9-14(2)3/h14H,6-13H2,1-5H3. The molecule has 0 aromatic rings. The first-order valence-electron chi connectivity index (χ1n) is 7.08. The lowest BCUT2D eigenvalue weighted by Crippen LogP contribution is -2.32. The third kappa shape index (κ3) is 7.77. The van der Waals surface area contributed by atoms with Crippen LogP contribution in [-0.4, -0.2) is 27.4 Å². The minimum absolute atomic E-state index is 0.244. The Kier molecular flexibility index (Phi) is 9.85. The third-order valence-electron chi connectivity index (χ3n) is 3.45. The Balaban J connectivity index is 4.30. The van der Waals surface area contributed by atoms with E-state index in [4.69, 9.17) is 9.47 Å². The van der Waals surface area contributed by atoms with E-state index in [1.54, 1.807) is 14.2 Å². The second kappa shape index (κ2) is 9.90. The van der Waals surface area contributed by atoms with Crippen molar-refractivity contribution >= 4 is 0 Å². The van der Waals surface area contributed by atoms with E-state index < -0.39 is 0 Å². The van der Waals surface area contributed by atoms with Crippen LogP contribution in [0.4, 0.5) is 0 Å². The van der Waals surface area contributed by atoms with Gasteiger partial charge in [-0.2, -0.15) is 0 Å². The molecular weight excluding hydrogens is 212 g/mol. The maximum absolute atomic E-state index is 5.43. The van der Waals surface area contributed by atoms with Crippen LogP contribution in [0.15, 0.2) is 0 Å². The number of hydrogen-bond acceptors (Lipinski definition) is 2. The Morgan fingerprint density at radius 1 is 0.941 bits per heavy atom. The summed E-state index contributed by atoms with van der Waals surface area (Å²) in [7, 11) is 3.61. The second-order valence-corrected chi connectivity index (χ2v) is 5.76. The van der Waals surface area contributed by atoms with Gasteiger partial charge in [0.05, 0.1) is 13.2 Å². The molecule has 0 aromatic heterocycles. The maximum Gasteiger partial charge on any atom is 0.0540 e. The van der Waals surface area contributed by atoms with E-state index in [0.717, 1.165) is 19.1 Å². The predicted molar refractivity (Wildman–Crippen MR) is 74.4 cm³/mol. The van der Waals surface area contributed by atoms with Crippen molar-refractivity contribution in [2.45, 2.75) is 59.3 Å². The number of ether oxygens (including phenoxy) is 2. The van der Waals surface area contributed by atoms with Crippen molar-refractivity contribution in [1.82, 2.24) is 0 Å². The van der Waals surface area contributed by atoms with Gasteiger partial charge in [-0.15, -0.1) is 0 Å². The van der Waals surface area contributed by atoms with Gasteiger partial charge in [-0.25, -0.2) is 0 Å². The molecule has 0 heterocycles. The molecule has 0 saturated heterocycles. The van der Waals surface area contributed by atoms with Crippen LogP contribution in [0.3, 0.4) is 0 Å². The molecule has 0 spiro atoms. The third-order valence-corrected chi connectivity index (χ3v) is 3.45. The van der Waals surface area contributed by atoms with Gasteiger partial charge in [0.1, 0.15) is 0 Å². The first kappa shape index (κ1) is 16.9. The minimum atomic E-state index is 0.244. The molecule has 17 heavy (non-hydrogen) atoms. The first-order valence-corrected chi connectivity index (χ1v) is 7.08. The highest BCUT2D eigenvalue weighted by atomic mass is 16.5. The Morgan fingerprint density at radius 2 is 1.47 bits per heavy atom. The molecule has 0 aliphatic rings. The molecule has 0 N–H and O–H groups in total. The van der Waals surface area contributed by atoms with Crippen molar-refractivity contribution in [3.8, 4) is 0 Å². The summed E-state index contributed by atoms with van der Waals surface area (Å²) in [4.78, 5) is 0. The van der Waals surface area contributed by atoms with Crippen molar-refractivity contribution in [1.29, 1.82) is 0 Å². The zero-order valence-corrected chi connectivity index (χ0v) is 12.6. The summed E-state index contributed by atoms with van der Waals surface area (Å²) in [5.74, 6) is 0.795. The fourth-order valence-electron chi connectivity index (χ4n) is 2.50. The highest BCUT2D eigenvalue weighted by molar-refractivity contribution is 4.79. The Labute approximate surface area is 108 Å². The molecular formula is C15H32O2. The van der Waals surface area contributed by atoms with E-state index in [9.17, 15) is 0 Å². The summed E-state index contributed by atoms with van der Waals surface area (Å²) >= 11 is 0. The summed E-state index contributed by atoms with van der Waals surface area (Å²) in [5.41, 5.74) is 0.244.